The van der Waals surface area contributed by atoms with Crippen molar-refractivity contribution in [3.05, 3.63) is 29.3 Å². The van der Waals surface area contributed by atoms with E-state index in [2.05, 4.69) is 38.3 Å². The van der Waals surface area contributed by atoms with Gasteiger partial charge >= 0.3 is 5.97 Å². The van der Waals surface area contributed by atoms with Gasteiger partial charge in [-0.05, 0) is 44.4 Å². The lowest BCUT2D eigenvalue weighted by molar-refractivity contribution is -0.140. The Bertz CT molecular complexity index is 630. The zero-order chi connectivity index (χ0) is 19.5. The van der Waals surface area contributed by atoms with Crippen molar-refractivity contribution in [2.45, 2.75) is 45.1 Å². The fourth-order valence-corrected chi connectivity index (χ4v) is 3.33. The smallest absolute Gasteiger partial charge is 0.305 e. The lowest BCUT2D eigenvalue weighted by Gasteiger charge is -2.20. The summed E-state index contributed by atoms with van der Waals surface area (Å²) in [6.07, 6.45) is 4.34. The Hall–Kier alpha value is -1.22. The summed E-state index contributed by atoms with van der Waals surface area (Å²) in [7, 11) is 1.43. The highest BCUT2D eigenvalue weighted by atomic mass is 127. The molecular weight excluding hydrogens is 491 g/mol. The molecule has 8 heteroatoms. The molecule has 1 aliphatic heterocycles. The van der Waals surface area contributed by atoms with Gasteiger partial charge in [-0.3, -0.25) is 9.79 Å². The number of anilines is 1. The van der Waals surface area contributed by atoms with E-state index in [1.165, 1.54) is 12.8 Å². The van der Waals surface area contributed by atoms with Gasteiger partial charge in [0.05, 0.1) is 7.11 Å². The molecule has 158 valence electrons. The molecule has 1 atom stereocenters. The summed E-state index contributed by atoms with van der Waals surface area (Å²) in [5.74, 6) is 0.724. The van der Waals surface area contributed by atoms with Crippen LogP contribution in [0.15, 0.2) is 29.3 Å². The van der Waals surface area contributed by atoms with Crippen LogP contribution in [0.2, 0.25) is 5.02 Å². The van der Waals surface area contributed by atoms with Crippen LogP contribution in [0.25, 0.3) is 0 Å². The van der Waals surface area contributed by atoms with Gasteiger partial charge in [-0.15, -0.1) is 24.0 Å². The number of halogens is 2. The van der Waals surface area contributed by atoms with E-state index in [1.807, 2.05) is 18.2 Å². The summed E-state index contributed by atoms with van der Waals surface area (Å²) in [6.45, 7) is 5.59. The molecule has 0 saturated carbocycles. The Kier molecular flexibility index (Phi) is 12.3. The maximum Gasteiger partial charge on any atom is 0.305 e. The number of unbranched alkanes of at least 4 members (excludes halogenated alkanes) is 2. The molecule has 1 unspecified atom stereocenters. The third kappa shape index (κ3) is 8.86. The summed E-state index contributed by atoms with van der Waals surface area (Å²) in [5, 5.41) is 7.63. The minimum Gasteiger partial charge on any atom is -0.469 e. The number of aliphatic imine (C=N–C) groups is 1. The minimum atomic E-state index is -0.140. The number of guanidine groups is 1. The van der Waals surface area contributed by atoms with Gasteiger partial charge < -0.3 is 20.3 Å². The van der Waals surface area contributed by atoms with E-state index in [-0.39, 0.29) is 29.9 Å². The standard InChI is InChI=1S/C20H31ClN4O2.HI/c1-3-22-20(23-12-6-4-5-10-19(26)27-2)24-17-11-13-25(15-17)18-9-7-8-16(21)14-18;/h7-9,14,17H,3-6,10-13,15H2,1-2H3,(H2,22,23,24);1H. The molecule has 0 spiro atoms. The van der Waals surface area contributed by atoms with E-state index in [9.17, 15) is 4.79 Å². The third-order valence-electron chi connectivity index (χ3n) is 4.58. The fraction of sp³-hybridized carbons (Fsp3) is 0.600. The predicted molar refractivity (Wildman–Crippen MR) is 127 cm³/mol. The van der Waals surface area contributed by atoms with Crippen LogP contribution < -0.4 is 15.5 Å². The highest BCUT2D eigenvalue weighted by Gasteiger charge is 2.23. The number of rotatable bonds is 9. The summed E-state index contributed by atoms with van der Waals surface area (Å²) in [4.78, 5) is 18.1. The first-order valence-corrected chi connectivity index (χ1v) is 10.1. The third-order valence-corrected chi connectivity index (χ3v) is 4.82. The molecule has 0 aliphatic carbocycles. The van der Waals surface area contributed by atoms with Crippen molar-refractivity contribution < 1.29 is 9.53 Å². The minimum absolute atomic E-state index is 0. The van der Waals surface area contributed by atoms with Crippen molar-refractivity contribution in [2.75, 3.05) is 38.2 Å². The molecule has 0 bridgehead atoms. The number of methoxy groups -OCH3 is 1. The number of esters is 1. The van der Waals surface area contributed by atoms with Gasteiger partial charge in [0.1, 0.15) is 0 Å². The molecule has 1 fully saturated rings. The molecule has 1 aromatic carbocycles. The lowest BCUT2D eigenvalue weighted by Crippen LogP contribution is -2.44. The van der Waals surface area contributed by atoms with Crippen LogP contribution in [0.4, 0.5) is 5.69 Å². The second-order valence-corrected chi connectivity index (χ2v) is 7.14. The maximum absolute atomic E-state index is 11.1. The first-order chi connectivity index (χ1) is 13.1. The molecule has 6 nitrogen and oxygen atoms in total. The average Bonchev–Trinajstić information content (AvgIpc) is 3.13. The SMILES string of the molecule is CCNC(=NCCCCCC(=O)OC)NC1CCN(c2cccc(Cl)c2)C1.I. The zero-order valence-corrected chi connectivity index (χ0v) is 19.8. The average molecular weight is 523 g/mol. The highest BCUT2D eigenvalue weighted by molar-refractivity contribution is 14.0. The van der Waals surface area contributed by atoms with Gasteiger partial charge in [0.15, 0.2) is 5.96 Å². The van der Waals surface area contributed by atoms with Gasteiger partial charge in [0.2, 0.25) is 0 Å². The van der Waals surface area contributed by atoms with Crippen molar-refractivity contribution in [1.82, 2.24) is 10.6 Å². The Balaban J connectivity index is 0.00000392. The predicted octanol–water partition coefficient (Wildman–Crippen LogP) is 3.83. The van der Waals surface area contributed by atoms with Crippen LogP contribution in [-0.2, 0) is 9.53 Å². The van der Waals surface area contributed by atoms with Crippen molar-refractivity contribution in [2.24, 2.45) is 4.99 Å². The summed E-state index contributed by atoms with van der Waals surface area (Å²) < 4.78 is 4.65. The number of carbonyl (C=O) groups is 1. The molecule has 0 radical (unpaired) electrons. The van der Waals surface area contributed by atoms with E-state index in [0.29, 0.717) is 12.5 Å². The van der Waals surface area contributed by atoms with Gasteiger partial charge in [-0.2, -0.15) is 0 Å². The molecule has 0 amide bonds. The monoisotopic (exact) mass is 522 g/mol. The van der Waals surface area contributed by atoms with Gasteiger partial charge in [-0.25, -0.2) is 0 Å². The molecule has 0 aromatic heterocycles. The number of hydrogen-bond donors (Lipinski definition) is 2. The fourth-order valence-electron chi connectivity index (χ4n) is 3.15. The number of ether oxygens (including phenoxy) is 1. The van der Waals surface area contributed by atoms with Crippen LogP contribution >= 0.6 is 35.6 Å². The van der Waals surface area contributed by atoms with Crippen LogP contribution in [0.1, 0.15) is 39.0 Å². The molecule has 1 aliphatic rings. The van der Waals surface area contributed by atoms with Gasteiger partial charge in [-0.1, -0.05) is 24.1 Å². The van der Waals surface area contributed by atoms with E-state index >= 15 is 0 Å². The van der Waals surface area contributed by atoms with E-state index in [0.717, 1.165) is 62.8 Å². The summed E-state index contributed by atoms with van der Waals surface area (Å²) in [6, 6.07) is 8.36. The van der Waals surface area contributed by atoms with Crippen molar-refractivity contribution >= 4 is 53.2 Å². The van der Waals surface area contributed by atoms with E-state index in [4.69, 9.17) is 11.6 Å². The van der Waals surface area contributed by atoms with Crippen LogP contribution in [0, 0.1) is 0 Å². The lowest BCUT2D eigenvalue weighted by atomic mass is 10.2. The quantitative estimate of drug-likeness (QED) is 0.170. The molecule has 1 heterocycles. The van der Waals surface area contributed by atoms with Crippen molar-refractivity contribution in [3.63, 3.8) is 0 Å². The highest BCUT2D eigenvalue weighted by Crippen LogP contribution is 2.23. The second kappa shape index (κ2) is 13.9. The second-order valence-electron chi connectivity index (χ2n) is 6.70. The molecule has 1 saturated heterocycles. The topological polar surface area (TPSA) is 66.0 Å². The van der Waals surface area contributed by atoms with E-state index < -0.39 is 0 Å². The normalized spacial score (nSPS) is 16.5. The Morgan fingerprint density at radius 2 is 2.18 bits per heavy atom. The summed E-state index contributed by atoms with van der Waals surface area (Å²) >= 11 is 6.11. The molecule has 2 rings (SSSR count). The van der Waals surface area contributed by atoms with Crippen molar-refractivity contribution in [1.29, 1.82) is 0 Å². The molecular formula is C20H32ClIN4O2. The molecule has 28 heavy (non-hydrogen) atoms. The molecule has 1 aromatic rings. The number of carbonyl (C=O) groups excluding carboxylic acids is 1. The first-order valence-electron chi connectivity index (χ1n) is 9.74. The van der Waals surface area contributed by atoms with Gasteiger partial charge in [0, 0.05) is 49.4 Å². The van der Waals surface area contributed by atoms with Crippen molar-refractivity contribution in [3.8, 4) is 0 Å². The maximum atomic E-state index is 11.1. The van der Waals surface area contributed by atoms with E-state index in [1.54, 1.807) is 0 Å². The summed E-state index contributed by atoms with van der Waals surface area (Å²) in [5.41, 5.74) is 1.17. The van der Waals surface area contributed by atoms with Crippen LogP contribution in [0.3, 0.4) is 0 Å². The zero-order valence-electron chi connectivity index (χ0n) is 16.7. The first kappa shape index (κ1) is 24.8. The number of nitrogens with zero attached hydrogens (tertiary/aromatic N) is 2. The Morgan fingerprint density at radius 1 is 1.36 bits per heavy atom. The van der Waals surface area contributed by atoms with Gasteiger partial charge in [0.25, 0.3) is 0 Å². The number of benzene rings is 1. The van der Waals surface area contributed by atoms with Crippen LogP contribution in [0.5, 0.6) is 0 Å². The molecule has 2 N–H and O–H groups in total. The number of hydrogen-bond acceptors (Lipinski definition) is 4. The largest absolute Gasteiger partial charge is 0.469 e. The van der Waals surface area contributed by atoms with Crippen LogP contribution in [-0.4, -0.2) is 51.3 Å². The number of nitrogens with one attached hydrogen (secondary N) is 2. The Labute approximate surface area is 190 Å². The Morgan fingerprint density at radius 3 is 2.89 bits per heavy atom.